The first-order chi connectivity index (χ1) is 9.68. The molecule has 0 aliphatic heterocycles. The van der Waals surface area contributed by atoms with Crippen LogP contribution in [0, 0.1) is 29.8 Å². The van der Waals surface area contributed by atoms with Crippen LogP contribution in [-0.2, 0) is 10.0 Å². The first kappa shape index (κ1) is 17.5. The Balaban J connectivity index is 3.63. The quantitative estimate of drug-likeness (QED) is 0.630. The van der Waals surface area contributed by atoms with Crippen LogP contribution >= 0.6 is 0 Å². The Morgan fingerprint density at radius 1 is 1.43 bits per heavy atom. The van der Waals surface area contributed by atoms with Gasteiger partial charge in [-0.05, 0) is 25.5 Å². The van der Waals surface area contributed by atoms with Crippen molar-refractivity contribution >= 4 is 15.7 Å². The van der Waals surface area contributed by atoms with Gasteiger partial charge in [0.1, 0.15) is 0 Å². The lowest BCUT2D eigenvalue weighted by Crippen LogP contribution is -2.34. The minimum atomic E-state index is -4.05. The van der Waals surface area contributed by atoms with Crippen LogP contribution in [0.15, 0.2) is 11.0 Å². The maximum atomic E-state index is 13.7. The van der Waals surface area contributed by atoms with E-state index in [0.717, 1.165) is 10.4 Å². The van der Waals surface area contributed by atoms with E-state index in [1.54, 1.807) is 6.92 Å². The van der Waals surface area contributed by atoms with Gasteiger partial charge in [0.05, 0.1) is 22.0 Å². The molecule has 0 saturated carbocycles. The summed E-state index contributed by atoms with van der Waals surface area (Å²) in [4.78, 5) is 9.69. The molecule has 0 radical (unpaired) electrons. The Bertz CT molecular complexity index is 660. The van der Waals surface area contributed by atoms with Gasteiger partial charge in [0.2, 0.25) is 15.8 Å². The maximum absolute atomic E-state index is 13.7. The highest BCUT2D eigenvalue weighted by molar-refractivity contribution is 7.89. The summed E-state index contributed by atoms with van der Waals surface area (Å²) in [5.74, 6) is -1.07. The van der Waals surface area contributed by atoms with Crippen molar-refractivity contribution in [1.82, 2.24) is 4.31 Å². The zero-order valence-corrected chi connectivity index (χ0v) is 12.8. The number of aliphatic hydroxyl groups excluding tert-OH is 1. The predicted octanol–water partition coefficient (Wildman–Crippen LogP) is 1.35. The highest BCUT2D eigenvalue weighted by Gasteiger charge is 2.32. The van der Waals surface area contributed by atoms with Gasteiger partial charge in [-0.1, -0.05) is 6.92 Å². The lowest BCUT2D eigenvalue weighted by atomic mass is 10.1. The second kappa shape index (κ2) is 6.46. The summed E-state index contributed by atoms with van der Waals surface area (Å²) in [7, 11) is -4.05. The molecule has 7 nitrogen and oxygen atoms in total. The van der Waals surface area contributed by atoms with Gasteiger partial charge < -0.3 is 5.11 Å². The molecule has 0 fully saturated rings. The van der Waals surface area contributed by atoms with Crippen molar-refractivity contribution in [3.05, 3.63) is 33.1 Å². The molecule has 0 heterocycles. The number of nitro groups is 1. The van der Waals surface area contributed by atoms with Gasteiger partial charge in [-0.25, -0.2) is 8.42 Å². The maximum Gasteiger partial charge on any atom is 0.309 e. The number of hydrogen-bond donors (Lipinski definition) is 1. The lowest BCUT2D eigenvalue weighted by molar-refractivity contribution is -0.388. The lowest BCUT2D eigenvalue weighted by Gasteiger charge is -2.21. The number of aliphatic hydroxyl groups is 1. The van der Waals surface area contributed by atoms with Gasteiger partial charge in [0, 0.05) is 13.1 Å². The van der Waals surface area contributed by atoms with E-state index in [9.17, 15) is 22.9 Å². The van der Waals surface area contributed by atoms with Crippen molar-refractivity contribution in [3.63, 3.8) is 0 Å². The van der Waals surface area contributed by atoms with Crippen LogP contribution in [0.5, 0.6) is 0 Å². The molecule has 1 rings (SSSR count). The normalized spacial score (nSPS) is 11.9. The van der Waals surface area contributed by atoms with Gasteiger partial charge in [-0.3, -0.25) is 10.1 Å². The summed E-state index contributed by atoms with van der Waals surface area (Å²) in [6.45, 7) is 3.73. The fourth-order valence-electron chi connectivity index (χ4n) is 2.22. The zero-order chi connectivity index (χ0) is 16.4. The standard InChI is InChI=1S/C12H17FN2O5S/c1-4-14(5-6-16)21(19,20)12-8(2)7-10(13)11(9(12)3)15(17)18/h7,16H,4-6H2,1-3H3. The number of likely N-dealkylation sites (N-methyl/N-ethyl adjacent to an activating group) is 1. The highest BCUT2D eigenvalue weighted by Crippen LogP contribution is 2.32. The number of benzene rings is 1. The molecule has 1 N–H and O–H groups in total. The molecule has 1 aromatic carbocycles. The fraction of sp³-hybridized carbons (Fsp3) is 0.500. The third-order valence-electron chi connectivity index (χ3n) is 3.11. The average Bonchev–Trinajstić information content (AvgIpc) is 2.33. The molecule has 118 valence electrons. The molecule has 0 saturated heterocycles. The van der Waals surface area contributed by atoms with Gasteiger partial charge in [-0.2, -0.15) is 8.70 Å². The molecule has 0 aliphatic carbocycles. The fourth-order valence-corrected chi connectivity index (χ4v) is 4.09. The Morgan fingerprint density at radius 2 is 2.00 bits per heavy atom. The van der Waals surface area contributed by atoms with Crippen molar-refractivity contribution in [2.24, 2.45) is 0 Å². The Labute approximate surface area is 122 Å². The van der Waals surface area contributed by atoms with E-state index >= 15 is 0 Å². The molecule has 0 aromatic heterocycles. The molecule has 0 amide bonds. The van der Waals surface area contributed by atoms with E-state index in [-0.39, 0.29) is 35.7 Å². The molecular formula is C12H17FN2O5S. The highest BCUT2D eigenvalue weighted by atomic mass is 32.2. The van der Waals surface area contributed by atoms with Gasteiger partial charge >= 0.3 is 5.69 Å². The topological polar surface area (TPSA) is 101 Å². The largest absolute Gasteiger partial charge is 0.395 e. The molecule has 0 aliphatic rings. The first-order valence-corrected chi connectivity index (χ1v) is 7.67. The summed E-state index contributed by atoms with van der Waals surface area (Å²) >= 11 is 0. The number of halogens is 1. The number of hydrogen-bond acceptors (Lipinski definition) is 5. The van der Waals surface area contributed by atoms with Gasteiger partial charge in [0.15, 0.2) is 0 Å². The third kappa shape index (κ3) is 3.20. The Morgan fingerprint density at radius 3 is 2.43 bits per heavy atom. The Hall–Kier alpha value is -1.58. The number of aryl methyl sites for hydroxylation is 1. The Kier molecular flexibility index (Phi) is 5.37. The van der Waals surface area contributed by atoms with E-state index in [4.69, 9.17) is 5.11 Å². The summed E-state index contributed by atoms with van der Waals surface area (Å²) < 4.78 is 39.8. The number of rotatable bonds is 6. The van der Waals surface area contributed by atoms with E-state index in [1.165, 1.54) is 13.8 Å². The summed E-state index contributed by atoms with van der Waals surface area (Å²) in [6, 6.07) is 0.838. The zero-order valence-electron chi connectivity index (χ0n) is 12.0. The van der Waals surface area contributed by atoms with Crippen molar-refractivity contribution in [3.8, 4) is 0 Å². The van der Waals surface area contributed by atoms with Crippen LogP contribution in [0.4, 0.5) is 10.1 Å². The molecule has 0 spiro atoms. The van der Waals surface area contributed by atoms with Crippen LogP contribution in [0.25, 0.3) is 0 Å². The monoisotopic (exact) mass is 320 g/mol. The first-order valence-electron chi connectivity index (χ1n) is 6.23. The molecule has 9 heteroatoms. The van der Waals surface area contributed by atoms with Crippen molar-refractivity contribution in [2.45, 2.75) is 25.7 Å². The minimum Gasteiger partial charge on any atom is -0.395 e. The van der Waals surface area contributed by atoms with Crippen molar-refractivity contribution < 1.29 is 22.8 Å². The van der Waals surface area contributed by atoms with E-state index in [2.05, 4.69) is 0 Å². The van der Waals surface area contributed by atoms with Crippen LogP contribution in [-0.4, -0.2) is 42.4 Å². The van der Waals surface area contributed by atoms with Crippen molar-refractivity contribution in [2.75, 3.05) is 19.7 Å². The molecule has 21 heavy (non-hydrogen) atoms. The van der Waals surface area contributed by atoms with Crippen LogP contribution < -0.4 is 0 Å². The number of nitro benzene ring substituents is 1. The van der Waals surface area contributed by atoms with Crippen molar-refractivity contribution in [1.29, 1.82) is 0 Å². The summed E-state index contributed by atoms with van der Waals surface area (Å²) in [5.41, 5.74) is -1.000. The van der Waals surface area contributed by atoms with Gasteiger partial charge in [0.25, 0.3) is 0 Å². The van der Waals surface area contributed by atoms with E-state index in [0.29, 0.717) is 0 Å². The molecule has 0 bridgehead atoms. The molecular weight excluding hydrogens is 303 g/mol. The SMILES string of the molecule is CCN(CCO)S(=O)(=O)c1c(C)cc(F)c([N+](=O)[O-])c1C. The van der Waals surface area contributed by atoms with E-state index in [1.807, 2.05) is 0 Å². The number of sulfonamides is 1. The summed E-state index contributed by atoms with van der Waals surface area (Å²) in [6.07, 6.45) is 0. The van der Waals surface area contributed by atoms with Gasteiger partial charge in [-0.15, -0.1) is 0 Å². The predicted molar refractivity (Wildman–Crippen MR) is 74.0 cm³/mol. The van der Waals surface area contributed by atoms with Crippen LogP contribution in [0.2, 0.25) is 0 Å². The second-order valence-corrected chi connectivity index (χ2v) is 6.33. The molecule has 0 unspecified atom stereocenters. The number of nitrogens with zero attached hydrogens (tertiary/aromatic N) is 2. The van der Waals surface area contributed by atoms with Crippen LogP contribution in [0.1, 0.15) is 18.1 Å². The molecule has 1 aromatic rings. The van der Waals surface area contributed by atoms with Crippen LogP contribution in [0.3, 0.4) is 0 Å². The van der Waals surface area contributed by atoms with E-state index < -0.39 is 26.5 Å². The second-order valence-electron chi connectivity index (χ2n) is 4.46. The third-order valence-corrected chi connectivity index (χ3v) is 5.37. The molecule has 0 atom stereocenters. The average molecular weight is 320 g/mol. The summed E-state index contributed by atoms with van der Waals surface area (Å²) in [5, 5.41) is 19.8. The minimum absolute atomic E-state index is 0.0898. The smallest absolute Gasteiger partial charge is 0.309 e.